The summed E-state index contributed by atoms with van der Waals surface area (Å²) in [5, 5.41) is 2.86. The van der Waals surface area contributed by atoms with Crippen molar-refractivity contribution in [1.29, 1.82) is 0 Å². The van der Waals surface area contributed by atoms with E-state index in [1.165, 1.54) is 24.3 Å². The number of benzene rings is 2. The molecule has 0 saturated heterocycles. The number of alkyl halides is 3. The van der Waals surface area contributed by atoms with Crippen LogP contribution < -0.4 is 10.1 Å². The highest BCUT2D eigenvalue weighted by molar-refractivity contribution is 6.04. The van der Waals surface area contributed by atoms with Gasteiger partial charge < -0.3 is 15.0 Å². The van der Waals surface area contributed by atoms with Gasteiger partial charge in [-0.05, 0) is 47.9 Å². The zero-order chi connectivity index (χ0) is 24.1. The Bertz CT molecular complexity index is 1150. The number of halogens is 3. The van der Waals surface area contributed by atoms with Crippen LogP contribution in [0, 0.1) is 0 Å². The fourth-order valence-electron chi connectivity index (χ4n) is 3.95. The van der Waals surface area contributed by atoms with Crippen molar-refractivity contribution < 1.29 is 27.5 Å². The Morgan fingerprint density at radius 3 is 2.44 bits per heavy atom. The van der Waals surface area contributed by atoms with Crippen molar-refractivity contribution >= 4 is 11.8 Å². The van der Waals surface area contributed by atoms with Crippen molar-refractivity contribution in [2.75, 3.05) is 13.1 Å². The van der Waals surface area contributed by atoms with E-state index in [2.05, 4.69) is 15.0 Å². The largest absolute Gasteiger partial charge is 0.573 e. The predicted octanol–water partition coefficient (Wildman–Crippen LogP) is 4.08. The van der Waals surface area contributed by atoms with Crippen LogP contribution in [0.25, 0.3) is 0 Å². The molecule has 6 nitrogen and oxygen atoms in total. The molecule has 4 rings (SSSR count). The third-order valence-corrected chi connectivity index (χ3v) is 5.51. The maximum atomic E-state index is 13.1. The number of hydrogen-bond donors (Lipinski definition) is 1. The van der Waals surface area contributed by atoms with E-state index in [9.17, 15) is 22.8 Å². The molecule has 2 amide bonds. The molecule has 0 saturated carbocycles. The molecule has 0 radical (unpaired) electrons. The van der Waals surface area contributed by atoms with Gasteiger partial charge in [0.25, 0.3) is 5.91 Å². The van der Waals surface area contributed by atoms with Gasteiger partial charge >= 0.3 is 6.36 Å². The normalized spacial score (nSPS) is 15.2. The van der Waals surface area contributed by atoms with Gasteiger partial charge in [0.1, 0.15) is 11.8 Å². The molecule has 1 atom stereocenters. The number of rotatable bonds is 8. The minimum Gasteiger partial charge on any atom is -0.406 e. The zero-order valence-electron chi connectivity index (χ0n) is 18.1. The van der Waals surface area contributed by atoms with E-state index in [4.69, 9.17) is 0 Å². The summed E-state index contributed by atoms with van der Waals surface area (Å²) in [5.41, 5.74) is 2.72. The number of aromatic nitrogens is 1. The zero-order valence-corrected chi connectivity index (χ0v) is 18.1. The maximum Gasteiger partial charge on any atom is 0.573 e. The molecule has 0 spiro atoms. The Hall–Kier alpha value is -3.88. The third kappa shape index (κ3) is 5.54. The number of ether oxygens (including phenoxy) is 1. The molecule has 176 valence electrons. The minimum absolute atomic E-state index is 0.202. The average Bonchev–Trinajstić information content (AvgIpc) is 3.10. The lowest BCUT2D eigenvalue weighted by Crippen LogP contribution is -2.40. The fraction of sp³-hybridized carbons (Fsp3) is 0.240. The van der Waals surface area contributed by atoms with Gasteiger partial charge in [-0.3, -0.25) is 14.6 Å². The van der Waals surface area contributed by atoms with Gasteiger partial charge in [-0.1, -0.05) is 36.4 Å². The number of pyridine rings is 1. The average molecular weight is 469 g/mol. The molecular weight excluding hydrogens is 447 g/mol. The number of carbonyl (C=O) groups excluding carboxylic acids is 2. The van der Waals surface area contributed by atoms with Gasteiger partial charge in [-0.25, -0.2) is 0 Å². The van der Waals surface area contributed by atoms with Crippen molar-refractivity contribution in [3.63, 3.8) is 0 Å². The summed E-state index contributed by atoms with van der Waals surface area (Å²) in [4.78, 5) is 31.9. The number of hydrogen-bond acceptors (Lipinski definition) is 4. The lowest BCUT2D eigenvalue weighted by molar-refractivity contribution is -0.274. The van der Waals surface area contributed by atoms with Gasteiger partial charge in [0, 0.05) is 37.0 Å². The van der Waals surface area contributed by atoms with Gasteiger partial charge in [0.15, 0.2) is 0 Å². The Morgan fingerprint density at radius 1 is 1.00 bits per heavy atom. The fourth-order valence-corrected chi connectivity index (χ4v) is 3.95. The first-order valence-electron chi connectivity index (χ1n) is 10.7. The second-order valence-corrected chi connectivity index (χ2v) is 7.79. The molecule has 1 unspecified atom stereocenters. The SMILES string of the molecule is O=C(NCCc1ccc(OC(F)(F)F)cc1)C1c2ccccc2C(=O)N1CCc1ccccn1. The summed E-state index contributed by atoms with van der Waals surface area (Å²) >= 11 is 0. The maximum absolute atomic E-state index is 13.1. The van der Waals surface area contributed by atoms with Crippen LogP contribution in [0.4, 0.5) is 13.2 Å². The molecule has 34 heavy (non-hydrogen) atoms. The molecule has 1 aromatic heterocycles. The van der Waals surface area contributed by atoms with E-state index >= 15 is 0 Å². The van der Waals surface area contributed by atoms with Crippen LogP contribution in [0.2, 0.25) is 0 Å². The lowest BCUT2D eigenvalue weighted by Gasteiger charge is -2.24. The first kappa shape index (κ1) is 23.3. The quantitative estimate of drug-likeness (QED) is 0.540. The number of carbonyl (C=O) groups is 2. The minimum atomic E-state index is -4.74. The predicted molar refractivity (Wildman–Crippen MR) is 118 cm³/mol. The van der Waals surface area contributed by atoms with Crippen LogP contribution in [-0.4, -0.2) is 41.2 Å². The van der Waals surface area contributed by atoms with Crippen LogP contribution >= 0.6 is 0 Å². The van der Waals surface area contributed by atoms with Crippen LogP contribution in [0.3, 0.4) is 0 Å². The highest BCUT2D eigenvalue weighted by atomic mass is 19.4. The highest BCUT2D eigenvalue weighted by Gasteiger charge is 2.40. The third-order valence-electron chi connectivity index (χ3n) is 5.51. The van der Waals surface area contributed by atoms with Crippen molar-refractivity contribution in [3.8, 4) is 5.75 Å². The van der Waals surface area contributed by atoms with Crippen molar-refractivity contribution in [1.82, 2.24) is 15.2 Å². The molecule has 3 aromatic rings. The second-order valence-electron chi connectivity index (χ2n) is 7.79. The van der Waals surface area contributed by atoms with Gasteiger partial charge in [0.05, 0.1) is 0 Å². The van der Waals surface area contributed by atoms with Crippen LogP contribution in [0.15, 0.2) is 72.9 Å². The van der Waals surface area contributed by atoms with E-state index in [1.54, 1.807) is 35.4 Å². The number of nitrogens with zero attached hydrogens (tertiary/aromatic N) is 2. The molecule has 1 aliphatic rings. The number of amides is 2. The van der Waals surface area contributed by atoms with E-state index in [-0.39, 0.29) is 24.1 Å². The van der Waals surface area contributed by atoms with Crippen molar-refractivity contribution in [3.05, 3.63) is 95.3 Å². The summed E-state index contributed by atoms with van der Waals surface area (Å²) < 4.78 is 40.8. The molecule has 2 aromatic carbocycles. The summed E-state index contributed by atoms with van der Waals surface area (Å²) in [6.07, 6.45) is -2.14. The van der Waals surface area contributed by atoms with E-state index in [0.29, 0.717) is 30.5 Å². The van der Waals surface area contributed by atoms with Gasteiger partial charge in [-0.2, -0.15) is 0 Å². The molecule has 0 fully saturated rings. The van der Waals surface area contributed by atoms with E-state index < -0.39 is 12.4 Å². The summed E-state index contributed by atoms with van der Waals surface area (Å²) in [6, 6.07) is 17.3. The first-order chi connectivity index (χ1) is 16.3. The standard InChI is InChI=1S/C25H22F3N3O3/c26-25(27,28)34-19-10-8-17(9-11-19)12-15-30-23(32)22-20-6-1-2-7-21(20)24(33)31(22)16-13-18-5-3-4-14-29-18/h1-11,14,22H,12-13,15-16H2,(H,30,32). The Balaban J connectivity index is 1.40. The topological polar surface area (TPSA) is 71.5 Å². The summed E-state index contributed by atoms with van der Waals surface area (Å²) in [7, 11) is 0. The van der Waals surface area contributed by atoms with E-state index in [1.807, 2.05) is 18.2 Å². The Labute approximate surface area is 194 Å². The Morgan fingerprint density at radius 2 is 1.74 bits per heavy atom. The summed E-state index contributed by atoms with van der Waals surface area (Å²) in [6.45, 7) is 0.600. The molecular formula is C25H22F3N3O3. The van der Waals surface area contributed by atoms with Crippen LogP contribution in [-0.2, 0) is 17.6 Å². The number of fused-ring (bicyclic) bond motifs is 1. The Kier molecular flexibility index (Phi) is 6.81. The molecule has 1 N–H and O–H groups in total. The van der Waals surface area contributed by atoms with Gasteiger partial charge in [-0.15, -0.1) is 13.2 Å². The lowest BCUT2D eigenvalue weighted by atomic mass is 10.0. The van der Waals surface area contributed by atoms with Crippen molar-refractivity contribution in [2.45, 2.75) is 25.2 Å². The van der Waals surface area contributed by atoms with Crippen LogP contribution in [0.5, 0.6) is 5.75 Å². The molecule has 0 aliphatic carbocycles. The van der Waals surface area contributed by atoms with Gasteiger partial charge in [0.2, 0.25) is 5.91 Å². The summed E-state index contributed by atoms with van der Waals surface area (Å²) in [5.74, 6) is -0.812. The smallest absolute Gasteiger partial charge is 0.406 e. The molecule has 1 aliphatic heterocycles. The molecule has 0 bridgehead atoms. The highest BCUT2D eigenvalue weighted by Crippen LogP contribution is 2.33. The van der Waals surface area contributed by atoms with Crippen LogP contribution in [0.1, 0.15) is 33.2 Å². The number of nitrogens with one attached hydrogen (secondary N) is 1. The molecule has 9 heteroatoms. The first-order valence-corrected chi connectivity index (χ1v) is 10.7. The molecule has 2 heterocycles. The monoisotopic (exact) mass is 469 g/mol. The van der Waals surface area contributed by atoms with E-state index in [0.717, 1.165) is 11.3 Å². The van der Waals surface area contributed by atoms with Crippen molar-refractivity contribution in [2.24, 2.45) is 0 Å². The second kappa shape index (κ2) is 9.94.